The molecule has 0 aliphatic heterocycles. The van der Waals surface area contributed by atoms with Crippen molar-refractivity contribution >= 4 is 0 Å². The summed E-state index contributed by atoms with van der Waals surface area (Å²) >= 11 is 0. The van der Waals surface area contributed by atoms with Crippen LogP contribution in [-0.2, 0) is 6.42 Å². The zero-order valence-electron chi connectivity index (χ0n) is 9.71. The number of aliphatic hydroxyl groups is 1. The molecular formula is C14H16N2O. The van der Waals surface area contributed by atoms with Crippen LogP contribution in [0.3, 0.4) is 0 Å². The van der Waals surface area contributed by atoms with Gasteiger partial charge in [0.15, 0.2) is 0 Å². The van der Waals surface area contributed by atoms with Crippen molar-refractivity contribution in [1.82, 2.24) is 9.78 Å². The Morgan fingerprint density at radius 1 is 1.24 bits per heavy atom. The number of hydrogen-bond acceptors (Lipinski definition) is 2. The van der Waals surface area contributed by atoms with Crippen molar-refractivity contribution < 1.29 is 5.11 Å². The van der Waals surface area contributed by atoms with Crippen molar-refractivity contribution in [2.45, 2.75) is 19.3 Å². The Kier molecular flexibility index (Phi) is 2.48. The van der Waals surface area contributed by atoms with Gasteiger partial charge in [0.25, 0.3) is 0 Å². The van der Waals surface area contributed by atoms with Gasteiger partial charge in [-0.15, -0.1) is 0 Å². The lowest BCUT2D eigenvalue weighted by atomic mass is 10.00. The smallest absolute Gasteiger partial charge is 0.0645 e. The van der Waals surface area contributed by atoms with E-state index < -0.39 is 0 Å². The first-order valence-electron chi connectivity index (χ1n) is 6.01. The van der Waals surface area contributed by atoms with Crippen molar-refractivity contribution in [2.24, 2.45) is 5.41 Å². The first kappa shape index (κ1) is 10.5. The molecule has 0 atom stereocenters. The predicted octanol–water partition coefficient (Wildman–Crippen LogP) is 2.19. The molecule has 1 saturated carbocycles. The van der Waals surface area contributed by atoms with Crippen molar-refractivity contribution in [3.05, 3.63) is 48.3 Å². The number of hydrogen-bond donors (Lipinski definition) is 1. The second-order valence-electron chi connectivity index (χ2n) is 4.96. The molecule has 0 amide bonds. The molecule has 1 N–H and O–H groups in total. The van der Waals surface area contributed by atoms with Gasteiger partial charge in [-0.25, -0.2) is 4.68 Å². The summed E-state index contributed by atoms with van der Waals surface area (Å²) in [5.41, 5.74) is 2.44. The lowest BCUT2D eigenvalue weighted by molar-refractivity contribution is 0.211. The summed E-state index contributed by atoms with van der Waals surface area (Å²) in [5.74, 6) is 0. The first-order chi connectivity index (χ1) is 8.31. The average molecular weight is 228 g/mol. The molecule has 3 nitrogen and oxygen atoms in total. The quantitative estimate of drug-likeness (QED) is 0.871. The zero-order chi connectivity index (χ0) is 11.7. The van der Waals surface area contributed by atoms with Crippen LogP contribution in [0.4, 0.5) is 0 Å². The van der Waals surface area contributed by atoms with Gasteiger partial charge in [-0.05, 0) is 42.4 Å². The largest absolute Gasteiger partial charge is 0.396 e. The minimum Gasteiger partial charge on any atom is -0.396 e. The minimum atomic E-state index is 0.157. The monoisotopic (exact) mass is 228 g/mol. The van der Waals surface area contributed by atoms with E-state index in [9.17, 15) is 5.11 Å². The highest BCUT2D eigenvalue weighted by molar-refractivity contribution is 5.31. The Bertz CT molecular complexity index is 500. The summed E-state index contributed by atoms with van der Waals surface area (Å²) < 4.78 is 1.89. The van der Waals surface area contributed by atoms with Gasteiger partial charge in [0.05, 0.1) is 11.9 Å². The highest BCUT2D eigenvalue weighted by Gasteiger charge is 2.42. The van der Waals surface area contributed by atoms with Crippen LogP contribution in [0.15, 0.2) is 42.7 Å². The van der Waals surface area contributed by atoms with E-state index >= 15 is 0 Å². The van der Waals surface area contributed by atoms with Crippen molar-refractivity contribution in [3.63, 3.8) is 0 Å². The van der Waals surface area contributed by atoms with Gasteiger partial charge in [0.2, 0.25) is 0 Å². The van der Waals surface area contributed by atoms with Crippen LogP contribution in [0.5, 0.6) is 0 Å². The molecule has 1 fully saturated rings. The molecule has 1 aromatic carbocycles. The third-order valence-electron chi connectivity index (χ3n) is 3.53. The molecule has 3 rings (SSSR count). The van der Waals surface area contributed by atoms with Crippen LogP contribution in [0.1, 0.15) is 18.4 Å². The Balaban J connectivity index is 1.79. The maximum absolute atomic E-state index is 9.31. The minimum absolute atomic E-state index is 0.157. The Hall–Kier alpha value is -1.61. The van der Waals surface area contributed by atoms with Crippen LogP contribution in [0.25, 0.3) is 5.69 Å². The third kappa shape index (κ3) is 2.11. The molecule has 0 saturated heterocycles. The standard InChI is InChI=1S/C14H16N2O/c17-11-14(6-7-14)8-12-9-15-16(10-12)13-4-2-1-3-5-13/h1-5,9-10,17H,6-8,11H2. The SMILES string of the molecule is OCC1(Cc2cnn(-c3ccccc3)c2)CC1. The first-order valence-corrected chi connectivity index (χ1v) is 6.01. The second-order valence-corrected chi connectivity index (χ2v) is 4.96. The number of aliphatic hydroxyl groups excluding tert-OH is 1. The van der Waals surface area contributed by atoms with Gasteiger partial charge in [0, 0.05) is 12.8 Å². The fourth-order valence-electron chi connectivity index (χ4n) is 2.17. The molecule has 88 valence electrons. The summed E-state index contributed by atoms with van der Waals surface area (Å²) in [6.07, 6.45) is 7.18. The van der Waals surface area contributed by atoms with Crippen LogP contribution < -0.4 is 0 Å². The summed E-state index contributed by atoms with van der Waals surface area (Å²) in [6.45, 7) is 0.295. The van der Waals surface area contributed by atoms with Gasteiger partial charge < -0.3 is 5.11 Å². The summed E-state index contributed by atoms with van der Waals surface area (Å²) in [7, 11) is 0. The summed E-state index contributed by atoms with van der Waals surface area (Å²) in [6, 6.07) is 10.1. The number of para-hydroxylation sites is 1. The maximum Gasteiger partial charge on any atom is 0.0645 e. The van der Waals surface area contributed by atoms with E-state index in [4.69, 9.17) is 0 Å². The number of nitrogens with zero attached hydrogens (tertiary/aromatic N) is 2. The fraction of sp³-hybridized carbons (Fsp3) is 0.357. The zero-order valence-corrected chi connectivity index (χ0v) is 9.71. The molecule has 1 heterocycles. The average Bonchev–Trinajstić information content (AvgIpc) is 3.00. The molecule has 0 unspecified atom stereocenters. The Labute approximate surface area is 101 Å². The molecular weight excluding hydrogens is 212 g/mol. The van der Waals surface area contributed by atoms with Gasteiger partial charge in [-0.3, -0.25) is 0 Å². The van der Waals surface area contributed by atoms with Crippen molar-refractivity contribution in [1.29, 1.82) is 0 Å². The topological polar surface area (TPSA) is 38.1 Å². The number of benzene rings is 1. The van der Waals surface area contributed by atoms with Gasteiger partial charge in [-0.2, -0.15) is 5.10 Å². The van der Waals surface area contributed by atoms with E-state index in [-0.39, 0.29) is 5.41 Å². The van der Waals surface area contributed by atoms with Crippen molar-refractivity contribution in [2.75, 3.05) is 6.61 Å². The van der Waals surface area contributed by atoms with Crippen LogP contribution in [0, 0.1) is 5.41 Å². The molecule has 1 aliphatic carbocycles. The lowest BCUT2D eigenvalue weighted by Gasteiger charge is -2.08. The molecule has 17 heavy (non-hydrogen) atoms. The molecule has 0 spiro atoms. The molecule has 0 radical (unpaired) electrons. The van der Waals surface area contributed by atoms with E-state index in [1.54, 1.807) is 0 Å². The highest BCUT2D eigenvalue weighted by Crippen LogP contribution is 2.47. The summed E-state index contributed by atoms with van der Waals surface area (Å²) in [4.78, 5) is 0. The fourth-order valence-corrected chi connectivity index (χ4v) is 2.17. The highest BCUT2D eigenvalue weighted by atomic mass is 16.3. The second kappa shape index (κ2) is 4.00. The van der Waals surface area contributed by atoms with Gasteiger partial charge in [-0.1, -0.05) is 18.2 Å². The molecule has 2 aromatic rings. The Morgan fingerprint density at radius 3 is 2.65 bits per heavy atom. The predicted molar refractivity (Wildman–Crippen MR) is 66.0 cm³/mol. The van der Waals surface area contributed by atoms with Gasteiger partial charge in [0.1, 0.15) is 0 Å². The lowest BCUT2D eigenvalue weighted by Crippen LogP contribution is -2.09. The van der Waals surface area contributed by atoms with Crippen LogP contribution in [0.2, 0.25) is 0 Å². The number of rotatable bonds is 4. The molecule has 0 bridgehead atoms. The van der Waals surface area contributed by atoms with E-state index in [2.05, 4.69) is 11.3 Å². The maximum atomic E-state index is 9.31. The van der Waals surface area contributed by atoms with E-state index in [0.717, 1.165) is 24.9 Å². The Morgan fingerprint density at radius 2 is 2.00 bits per heavy atom. The molecule has 3 heteroatoms. The van der Waals surface area contributed by atoms with Crippen molar-refractivity contribution in [3.8, 4) is 5.69 Å². The van der Waals surface area contributed by atoms with E-state index in [0.29, 0.717) is 6.61 Å². The van der Waals surface area contributed by atoms with Crippen LogP contribution in [-0.4, -0.2) is 21.5 Å². The number of aromatic nitrogens is 2. The van der Waals surface area contributed by atoms with E-state index in [1.165, 1.54) is 5.56 Å². The molecule has 1 aromatic heterocycles. The molecule has 1 aliphatic rings. The van der Waals surface area contributed by atoms with E-state index in [1.807, 2.05) is 41.2 Å². The van der Waals surface area contributed by atoms with Crippen LogP contribution >= 0.6 is 0 Å². The normalized spacial score (nSPS) is 17.0. The third-order valence-corrected chi connectivity index (χ3v) is 3.53. The summed E-state index contributed by atoms with van der Waals surface area (Å²) in [5, 5.41) is 13.7. The van der Waals surface area contributed by atoms with Gasteiger partial charge >= 0.3 is 0 Å².